The second kappa shape index (κ2) is 8.82. The number of carboxylic acids is 1. The molecule has 1 N–H and O–H groups in total. The Labute approximate surface area is 134 Å². The second-order valence-electron chi connectivity index (χ2n) is 5.34. The molecule has 1 aromatic rings. The summed E-state index contributed by atoms with van der Waals surface area (Å²) < 4.78 is 1.02. The van der Waals surface area contributed by atoms with Crippen LogP contribution in [0.1, 0.15) is 45.1 Å². The zero-order valence-corrected chi connectivity index (χ0v) is 14.1. The van der Waals surface area contributed by atoms with Crippen molar-refractivity contribution in [3.63, 3.8) is 0 Å². The summed E-state index contributed by atoms with van der Waals surface area (Å²) in [5, 5.41) is 8.59. The van der Waals surface area contributed by atoms with Gasteiger partial charge in [0.05, 0.1) is 0 Å². The molecule has 0 saturated carbocycles. The van der Waals surface area contributed by atoms with Gasteiger partial charge in [0.15, 0.2) is 0 Å². The summed E-state index contributed by atoms with van der Waals surface area (Å²) in [5.74, 6) is -0.726. The molecule has 21 heavy (non-hydrogen) atoms. The van der Waals surface area contributed by atoms with Crippen LogP contribution in [-0.2, 0) is 16.1 Å². The van der Waals surface area contributed by atoms with E-state index in [1.165, 1.54) is 0 Å². The molecule has 0 atom stereocenters. The van der Waals surface area contributed by atoms with E-state index >= 15 is 0 Å². The van der Waals surface area contributed by atoms with E-state index in [0.29, 0.717) is 25.8 Å². The number of amides is 1. The topological polar surface area (TPSA) is 57.6 Å². The maximum atomic E-state index is 12.3. The first-order valence-corrected chi connectivity index (χ1v) is 7.95. The van der Waals surface area contributed by atoms with E-state index in [1.807, 2.05) is 43.0 Å². The van der Waals surface area contributed by atoms with Crippen molar-refractivity contribution < 1.29 is 14.7 Å². The van der Waals surface area contributed by atoms with Crippen LogP contribution in [0, 0.1) is 0 Å². The number of halogens is 1. The third-order valence-corrected chi connectivity index (χ3v) is 3.77. The Kier molecular flexibility index (Phi) is 7.43. The lowest BCUT2D eigenvalue weighted by molar-refractivity contribution is -0.138. The number of nitrogens with zero attached hydrogens (tertiary/aromatic N) is 1. The van der Waals surface area contributed by atoms with Gasteiger partial charge >= 0.3 is 5.97 Å². The lowest BCUT2D eigenvalue weighted by Crippen LogP contribution is -2.36. The van der Waals surface area contributed by atoms with E-state index < -0.39 is 5.97 Å². The van der Waals surface area contributed by atoms with Crippen molar-refractivity contribution in [1.29, 1.82) is 0 Å². The smallest absolute Gasteiger partial charge is 0.303 e. The van der Waals surface area contributed by atoms with Crippen molar-refractivity contribution in [1.82, 2.24) is 4.90 Å². The van der Waals surface area contributed by atoms with E-state index in [9.17, 15) is 9.59 Å². The molecule has 0 aliphatic rings. The molecule has 0 heterocycles. The molecule has 0 saturated heterocycles. The van der Waals surface area contributed by atoms with Crippen LogP contribution in [0.2, 0.25) is 0 Å². The average Bonchev–Trinajstić information content (AvgIpc) is 2.42. The first kappa shape index (κ1) is 17.7. The highest BCUT2D eigenvalue weighted by Gasteiger charge is 2.17. The summed E-state index contributed by atoms with van der Waals surface area (Å²) in [5.41, 5.74) is 1.09. The number of aliphatic carboxylic acids is 1. The van der Waals surface area contributed by atoms with Gasteiger partial charge in [-0.15, -0.1) is 0 Å². The molecule has 1 amide bonds. The van der Waals surface area contributed by atoms with Gasteiger partial charge < -0.3 is 10.0 Å². The molecular formula is C16H22BrNO3. The Balaban J connectivity index is 2.54. The summed E-state index contributed by atoms with van der Waals surface area (Å²) in [6, 6.07) is 8.05. The van der Waals surface area contributed by atoms with Gasteiger partial charge in [-0.2, -0.15) is 0 Å². The molecule has 1 rings (SSSR count). The van der Waals surface area contributed by atoms with Crippen molar-refractivity contribution in [2.75, 3.05) is 0 Å². The SMILES string of the molecule is CC(C)N(Cc1ccc(Br)cc1)C(=O)CCCCC(=O)O. The molecule has 116 valence electrons. The zero-order chi connectivity index (χ0) is 15.8. The van der Waals surface area contributed by atoms with Crippen LogP contribution in [-0.4, -0.2) is 27.9 Å². The fourth-order valence-corrected chi connectivity index (χ4v) is 2.31. The van der Waals surface area contributed by atoms with Crippen molar-refractivity contribution in [2.24, 2.45) is 0 Å². The van der Waals surface area contributed by atoms with Crippen LogP contribution in [0.3, 0.4) is 0 Å². The third kappa shape index (κ3) is 6.76. The lowest BCUT2D eigenvalue weighted by Gasteiger charge is -2.27. The molecule has 0 bridgehead atoms. The van der Waals surface area contributed by atoms with Crippen molar-refractivity contribution >= 4 is 27.8 Å². The van der Waals surface area contributed by atoms with E-state index in [2.05, 4.69) is 15.9 Å². The Hall–Kier alpha value is -1.36. The normalized spacial score (nSPS) is 10.7. The standard InChI is InChI=1S/C16H22BrNO3/c1-12(2)18(11-13-7-9-14(17)10-8-13)15(19)5-3-4-6-16(20)21/h7-10,12H,3-6,11H2,1-2H3,(H,20,21). The highest BCUT2D eigenvalue weighted by molar-refractivity contribution is 9.10. The monoisotopic (exact) mass is 355 g/mol. The highest BCUT2D eigenvalue weighted by atomic mass is 79.9. The van der Waals surface area contributed by atoms with Gasteiger partial charge in [-0.05, 0) is 44.4 Å². The average molecular weight is 356 g/mol. The molecule has 0 unspecified atom stereocenters. The van der Waals surface area contributed by atoms with Gasteiger partial charge in [-0.3, -0.25) is 9.59 Å². The highest BCUT2D eigenvalue weighted by Crippen LogP contribution is 2.15. The Bertz CT molecular complexity index is 471. The van der Waals surface area contributed by atoms with Gasteiger partial charge in [0, 0.05) is 29.9 Å². The van der Waals surface area contributed by atoms with Gasteiger partial charge in [-0.25, -0.2) is 0 Å². The van der Waals surface area contributed by atoms with Crippen LogP contribution in [0.25, 0.3) is 0 Å². The quantitative estimate of drug-likeness (QED) is 0.720. The minimum absolute atomic E-state index is 0.0818. The van der Waals surface area contributed by atoms with Crippen molar-refractivity contribution in [2.45, 2.75) is 52.1 Å². The first-order valence-electron chi connectivity index (χ1n) is 7.16. The van der Waals surface area contributed by atoms with Crippen LogP contribution in [0.15, 0.2) is 28.7 Å². The molecule has 1 aromatic carbocycles. The Morgan fingerprint density at radius 1 is 1.14 bits per heavy atom. The fourth-order valence-electron chi connectivity index (χ4n) is 2.04. The fraction of sp³-hybridized carbons (Fsp3) is 0.500. The number of carboxylic acid groups (broad SMARTS) is 1. The zero-order valence-electron chi connectivity index (χ0n) is 12.5. The van der Waals surface area contributed by atoms with Gasteiger partial charge in [0.1, 0.15) is 0 Å². The van der Waals surface area contributed by atoms with Gasteiger partial charge in [0.2, 0.25) is 5.91 Å². The molecule has 0 radical (unpaired) electrons. The number of hydrogen-bond donors (Lipinski definition) is 1. The van der Waals surface area contributed by atoms with E-state index in [0.717, 1.165) is 10.0 Å². The summed E-state index contributed by atoms with van der Waals surface area (Å²) in [6.07, 6.45) is 1.70. The lowest BCUT2D eigenvalue weighted by atomic mass is 10.1. The molecule has 5 heteroatoms. The second-order valence-corrected chi connectivity index (χ2v) is 6.26. The molecule has 0 aliphatic heterocycles. The maximum Gasteiger partial charge on any atom is 0.303 e. The molecule has 0 fully saturated rings. The molecule has 0 spiro atoms. The summed E-state index contributed by atoms with van der Waals surface area (Å²) >= 11 is 3.39. The number of carbonyl (C=O) groups excluding carboxylic acids is 1. The number of carbonyl (C=O) groups is 2. The minimum Gasteiger partial charge on any atom is -0.481 e. The first-order chi connectivity index (χ1) is 9.90. The maximum absolute atomic E-state index is 12.3. The van der Waals surface area contributed by atoms with Crippen molar-refractivity contribution in [3.05, 3.63) is 34.3 Å². The molecule has 0 aromatic heterocycles. The summed E-state index contributed by atoms with van der Waals surface area (Å²) in [6.45, 7) is 4.57. The van der Waals surface area contributed by atoms with E-state index in [4.69, 9.17) is 5.11 Å². The van der Waals surface area contributed by atoms with Crippen LogP contribution in [0.4, 0.5) is 0 Å². The molecular weight excluding hydrogens is 334 g/mol. The third-order valence-electron chi connectivity index (χ3n) is 3.24. The van der Waals surface area contributed by atoms with Crippen LogP contribution in [0.5, 0.6) is 0 Å². The van der Waals surface area contributed by atoms with Crippen molar-refractivity contribution in [3.8, 4) is 0 Å². The van der Waals surface area contributed by atoms with Gasteiger partial charge in [-0.1, -0.05) is 28.1 Å². The van der Waals surface area contributed by atoms with Crippen LogP contribution < -0.4 is 0 Å². The Morgan fingerprint density at radius 3 is 2.24 bits per heavy atom. The minimum atomic E-state index is -0.807. The number of unbranched alkanes of at least 4 members (excludes halogenated alkanes) is 1. The predicted molar refractivity (Wildman–Crippen MR) is 85.9 cm³/mol. The molecule has 0 aliphatic carbocycles. The van der Waals surface area contributed by atoms with E-state index in [-0.39, 0.29) is 18.4 Å². The largest absolute Gasteiger partial charge is 0.481 e. The number of benzene rings is 1. The number of rotatable bonds is 8. The number of hydrogen-bond acceptors (Lipinski definition) is 2. The van der Waals surface area contributed by atoms with E-state index in [1.54, 1.807) is 0 Å². The molecule has 4 nitrogen and oxygen atoms in total. The summed E-state index contributed by atoms with van der Waals surface area (Å²) in [7, 11) is 0. The van der Waals surface area contributed by atoms with Gasteiger partial charge in [0.25, 0.3) is 0 Å². The van der Waals surface area contributed by atoms with Crippen LogP contribution >= 0.6 is 15.9 Å². The Morgan fingerprint density at radius 2 is 1.71 bits per heavy atom. The predicted octanol–water partition coefficient (Wildman–Crippen LogP) is 3.83. The summed E-state index contributed by atoms with van der Waals surface area (Å²) in [4.78, 5) is 24.6.